The van der Waals surface area contributed by atoms with E-state index in [0.29, 0.717) is 11.3 Å². The first kappa shape index (κ1) is 22.8. The molecule has 0 aliphatic rings. The van der Waals surface area contributed by atoms with Gasteiger partial charge in [-0.1, -0.05) is 73.9 Å². The lowest BCUT2D eigenvalue weighted by atomic mass is 10.1. The SMILES string of the molecule is Cc1cc(NC(=O)c2cc([Si](C)(C)C)cc([Si](C)(C)C)c2)ccc1/C=C/C(=O)O. The number of carboxylic acids is 1. The number of amides is 1. The quantitative estimate of drug-likeness (QED) is 0.531. The molecule has 0 aromatic heterocycles. The zero-order valence-electron chi connectivity index (χ0n) is 18.4. The molecule has 0 aliphatic heterocycles. The molecular formula is C23H31NO3Si2. The highest BCUT2D eigenvalue weighted by Gasteiger charge is 2.24. The van der Waals surface area contributed by atoms with Crippen LogP contribution in [0.1, 0.15) is 21.5 Å². The van der Waals surface area contributed by atoms with Gasteiger partial charge in [0.25, 0.3) is 5.91 Å². The number of carbonyl (C=O) groups excluding carboxylic acids is 1. The van der Waals surface area contributed by atoms with Gasteiger partial charge < -0.3 is 10.4 Å². The zero-order valence-corrected chi connectivity index (χ0v) is 20.4. The van der Waals surface area contributed by atoms with Gasteiger partial charge in [0.1, 0.15) is 0 Å². The second-order valence-electron chi connectivity index (χ2n) is 9.50. The van der Waals surface area contributed by atoms with E-state index in [2.05, 4.69) is 50.7 Å². The fourth-order valence-corrected chi connectivity index (χ4v) is 5.43. The monoisotopic (exact) mass is 425 g/mol. The third-order valence-electron chi connectivity index (χ3n) is 4.86. The largest absolute Gasteiger partial charge is 0.478 e. The Morgan fingerprint density at radius 3 is 1.90 bits per heavy atom. The molecule has 154 valence electrons. The molecular weight excluding hydrogens is 394 g/mol. The highest BCUT2D eigenvalue weighted by atomic mass is 28.3. The maximum Gasteiger partial charge on any atom is 0.328 e. The minimum absolute atomic E-state index is 0.113. The van der Waals surface area contributed by atoms with E-state index in [-0.39, 0.29) is 5.91 Å². The molecule has 29 heavy (non-hydrogen) atoms. The van der Waals surface area contributed by atoms with Crippen molar-refractivity contribution >= 4 is 50.2 Å². The number of carbonyl (C=O) groups is 2. The average Bonchev–Trinajstić information content (AvgIpc) is 2.59. The molecule has 0 atom stereocenters. The summed E-state index contributed by atoms with van der Waals surface area (Å²) in [5.41, 5.74) is 3.12. The molecule has 0 saturated carbocycles. The molecule has 2 rings (SSSR count). The lowest BCUT2D eigenvalue weighted by Crippen LogP contribution is -2.46. The summed E-state index contributed by atoms with van der Waals surface area (Å²) in [7, 11) is -3.12. The van der Waals surface area contributed by atoms with Gasteiger partial charge in [-0.25, -0.2) is 4.79 Å². The second-order valence-corrected chi connectivity index (χ2v) is 19.7. The van der Waals surface area contributed by atoms with Crippen LogP contribution in [-0.4, -0.2) is 33.1 Å². The Labute approximate surface area is 175 Å². The lowest BCUT2D eigenvalue weighted by Gasteiger charge is -2.24. The molecule has 0 bridgehead atoms. The van der Waals surface area contributed by atoms with Gasteiger partial charge in [-0.05, 0) is 36.3 Å². The Morgan fingerprint density at radius 1 is 0.897 bits per heavy atom. The molecule has 0 heterocycles. The van der Waals surface area contributed by atoms with Gasteiger partial charge in [0, 0.05) is 17.3 Å². The van der Waals surface area contributed by atoms with Crippen LogP contribution in [0.4, 0.5) is 5.69 Å². The predicted molar refractivity (Wildman–Crippen MR) is 128 cm³/mol. The van der Waals surface area contributed by atoms with Crippen LogP contribution < -0.4 is 15.7 Å². The van der Waals surface area contributed by atoms with Gasteiger partial charge >= 0.3 is 5.97 Å². The Hall–Kier alpha value is -2.45. The molecule has 6 heteroatoms. The average molecular weight is 426 g/mol. The second kappa shape index (κ2) is 8.51. The van der Waals surface area contributed by atoms with Gasteiger partial charge in [-0.3, -0.25) is 4.79 Å². The maximum atomic E-state index is 13.0. The number of aryl methyl sites for hydroxylation is 1. The van der Waals surface area contributed by atoms with Crippen LogP contribution in [0.15, 0.2) is 42.5 Å². The summed E-state index contributed by atoms with van der Waals surface area (Å²) >= 11 is 0. The summed E-state index contributed by atoms with van der Waals surface area (Å²) in [4.78, 5) is 23.7. The van der Waals surface area contributed by atoms with E-state index in [9.17, 15) is 9.59 Å². The van der Waals surface area contributed by atoms with E-state index >= 15 is 0 Å². The third-order valence-corrected chi connectivity index (χ3v) is 8.90. The minimum atomic E-state index is -1.56. The number of carboxylic acid groups (broad SMARTS) is 1. The smallest absolute Gasteiger partial charge is 0.328 e. The first-order chi connectivity index (χ1) is 13.3. The first-order valence-corrected chi connectivity index (χ1v) is 16.8. The Balaban J connectivity index is 2.35. The first-order valence-electron chi connectivity index (χ1n) is 9.76. The highest BCUT2D eigenvalue weighted by molar-refractivity contribution is 6.91. The molecule has 2 N–H and O–H groups in total. The predicted octanol–water partition coefficient (Wildman–Crippen LogP) is 4.44. The third kappa shape index (κ3) is 6.27. The molecule has 0 radical (unpaired) electrons. The van der Waals surface area contributed by atoms with Gasteiger partial charge in [-0.15, -0.1) is 0 Å². The van der Waals surface area contributed by atoms with Gasteiger partial charge in [0.2, 0.25) is 0 Å². The normalized spacial score (nSPS) is 12.2. The molecule has 0 spiro atoms. The minimum Gasteiger partial charge on any atom is -0.478 e. The molecule has 2 aromatic rings. The molecule has 1 amide bonds. The fraction of sp³-hybridized carbons (Fsp3) is 0.304. The highest BCUT2D eigenvalue weighted by Crippen LogP contribution is 2.18. The standard InChI is InChI=1S/C23H31NO3Si2/c1-16-12-19(10-8-17(16)9-11-22(25)26)24-23(27)18-13-20(28(2,3)4)15-21(14-18)29(5,6)7/h8-15H,1-7H3,(H,24,27)(H,25,26)/b11-9+. The molecule has 0 unspecified atom stereocenters. The van der Waals surface area contributed by atoms with Crippen molar-refractivity contribution in [2.45, 2.75) is 46.2 Å². The van der Waals surface area contributed by atoms with Crippen molar-refractivity contribution < 1.29 is 14.7 Å². The summed E-state index contributed by atoms with van der Waals surface area (Å²) in [5, 5.41) is 14.4. The van der Waals surface area contributed by atoms with Crippen LogP contribution in [0, 0.1) is 6.92 Å². The number of aliphatic carboxylic acids is 1. The van der Waals surface area contributed by atoms with Crippen molar-refractivity contribution in [3.05, 3.63) is 59.2 Å². The zero-order chi connectivity index (χ0) is 22.0. The van der Waals surface area contributed by atoms with Crippen molar-refractivity contribution in [1.29, 1.82) is 0 Å². The van der Waals surface area contributed by atoms with E-state index in [1.807, 2.05) is 31.2 Å². The molecule has 0 aliphatic carbocycles. The van der Waals surface area contributed by atoms with Crippen LogP contribution in [0.5, 0.6) is 0 Å². The summed E-state index contributed by atoms with van der Waals surface area (Å²) in [5.74, 6) is -1.10. The number of benzene rings is 2. The van der Waals surface area contributed by atoms with Crippen LogP contribution >= 0.6 is 0 Å². The van der Waals surface area contributed by atoms with Crippen LogP contribution in [0.25, 0.3) is 6.08 Å². The van der Waals surface area contributed by atoms with Crippen molar-refractivity contribution in [3.8, 4) is 0 Å². The van der Waals surface area contributed by atoms with Crippen molar-refractivity contribution in [1.82, 2.24) is 0 Å². The van der Waals surface area contributed by atoms with Crippen molar-refractivity contribution in [2.75, 3.05) is 5.32 Å². The van der Waals surface area contributed by atoms with E-state index in [0.717, 1.165) is 17.2 Å². The summed E-state index contributed by atoms with van der Waals surface area (Å²) in [6, 6.07) is 11.9. The summed E-state index contributed by atoms with van der Waals surface area (Å²) in [6.45, 7) is 15.7. The molecule has 2 aromatic carbocycles. The topological polar surface area (TPSA) is 66.4 Å². The number of nitrogens with one attached hydrogen (secondary N) is 1. The molecule has 0 fully saturated rings. The number of anilines is 1. The number of hydrogen-bond donors (Lipinski definition) is 2. The van der Waals surface area contributed by atoms with Crippen molar-refractivity contribution in [2.24, 2.45) is 0 Å². The van der Waals surface area contributed by atoms with Crippen LogP contribution in [0.2, 0.25) is 39.3 Å². The number of rotatable bonds is 6. The Bertz CT molecular complexity index is 935. The number of hydrogen-bond acceptors (Lipinski definition) is 2. The summed E-state index contributed by atoms with van der Waals surface area (Å²) < 4.78 is 0. The van der Waals surface area contributed by atoms with Gasteiger partial charge in [0.15, 0.2) is 0 Å². The maximum absolute atomic E-state index is 13.0. The van der Waals surface area contributed by atoms with E-state index in [1.54, 1.807) is 12.1 Å². The van der Waals surface area contributed by atoms with E-state index in [4.69, 9.17) is 5.11 Å². The molecule has 0 saturated heterocycles. The van der Waals surface area contributed by atoms with Gasteiger partial charge in [-0.2, -0.15) is 0 Å². The fourth-order valence-electron chi connectivity index (χ4n) is 2.93. The lowest BCUT2D eigenvalue weighted by molar-refractivity contribution is -0.131. The Kier molecular flexibility index (Phi) is 6.70. The van der Waals surface area contributed by atoms with Crippen molar-refractivity contribution in [3.63, 3.8) is 0 Å². The Morgan fingerprint density at radius 2 is 1.45 bits per heavy atom. The molecule has 4 nitrogen and oxygen atoms in total. The van der Waals surface area contributed by atoms with Crippen LogP contribution in [-0.2, 0) is 4.79 Å². The van der Waals surface area contributed by atoms with Gasteiger partial charge in [0.05, 0.1) is 16.1 Å². The van der Waals surface area contributed by atoms with E-state index < -0.39 is 22.1 Å². The van der Waals surface area contributed by atoms with Crippen LogP contribution in [0.3, 0.4) is 0 Å². The van der Waals surface area contributed by atoms with E-state index in [1.165, 1.54) is 10.4 Å². The summed E-state index contributed by atoms with van der Waals surface area (Å²) in [6.07, 6.45) is 2.67.